The summed E-state index contributed by atoms with van der Waals surface area (Å²) in [4.78, 5) is 2.41. The van der Waals surface area contributed by atoms with Gasteiger partial charge in [0.25, 0.3) is 0 Å². The molecule has 0 radical (unpaired) electrons. The number of hydrogen-bond acceptors (Lipinski definition) is 4. The zero-order chi connectivity index (χ0) is 11.2. The van der Waals surface area contributed by atoms with E-state index in [4.69, 9.17) is 0 Å². The van der Waals surface area contributed by atoms with Crippen molar-refractivity contribution in [3.05, 3.63) is 0 Å². The summed E-state index contributed by atoms with van der Waals surface area (Å²) in [6.07, 6.45) is 1.74. The molecule has 5 nitrogen and oxygen atoms in total. The van der Waals surface area contributed by atoms with E-state index < -0.39 is 10.0 Å². The van der Waals surface area contributed by atoms with Gasteiger partial charge in [-0.25, -0.2) is 8.42 Å². The predicted molar refractivity (Wildman–Crippen MR) is 61.7 cm³/mol. The summed E-state index contributed by atoms with van der Waals surface area (Å²) in [5, 5.41) is 3.27. The summed E-state index contributed by atoms with van der Waals surface area (Å²) < 4.78 is 25.5. The van der Waals surface area contributed by atoms with Crippen molar-refractivity contribution >= 4 is 10.0 Å². The smallest absolute Gasteiger partial charge is 0.217 e. The Hall–Kier alpha value is -0.170. The van der Waals surface area contributed by atoms with E-state index in [1.54, 1.807) is 4.31 Å². The molecule has 1 saturated carbocycles. The van der Waals surface area contributed by atoms with Crippen LogP contribution in [-0.2, 0) is 10.0 Å². The monoisotopic (exact) mass is 245 g/mol. The molecule has 0 aromatic carbocycles. The molecule has 0 bridgehead atoms. The Morgan fingerprint density at radius 3 is 2.25 bits per heavy atom. The molecule has 0 atom stereocenters. The molecule has 0 aromatic rings. The average Bonchev–Trinajstić information content (AvgIpc) is 2.99. The van der Waals surface area contributed by atoms with Crippen molar-refractivity contribution in [3.63, 3.8) is 0 Å². The van der Waals surface area contributed by atoms with Gasteiger partial charge in [-0.1, -0.05) is 0 Å². The Balaban J connectivity index is 1.54. The lowest BCUT2D eigenvalue weighted by Crippen LogP contribution is -2.64. The fourth-order valence-electron chi connectivity index (χ4n) is 2.48. The van der Waals surface area contributed by atoms with Gasteiger partial charge in [0.1, 0.15) is 0 Å². The van der Waals surface area contributed by atoms with Gasteiger partial charge in [-0.15, -0.1) is 0 Å². The van der Waals surface area contributed by atoms with Gasteiger partial charge in [0.05, 0.1) is 5.25 Å². The van der Waals surface area contributed by atoms with E-state index in [0.717, 1.165) is 52.1 Å². The highest BCUT2D eigenvalue weighted by Gasteiger charge is 2.46. The SMILES string of the molecule is O=S(=O)(C1CC1)N1CC(N2CCNCC2)C1. The van der Waals surface area contributed by atoms with Gasteiger partial charge in [-0.2, -0.15) is 4.31 Å². The van der Waals surface area contributed by atoms with Gasteiger partial charge in [-0.3, -0.25) is 4.90 Å². The molecule has 2 aliphatic heterocycles. The normalized spacial score (nSPS) is 30.2. The molecule has 16 heavy (non-hydrogen) atoms. The Morgan fingerprint density at radius 2 is 1.69 bits per heavy atom. The Kier molecular flexibility index (Phi) is 2.70. The molecule has 2 heterocycles. The lowest BCUT2D eigenvalue weighted by atomic mass is 10.1. The predicted octanol–water partition coefficient (Wildman–Crippen LogP) is -0.932. The summed E-state index contributed by atoms with van der Waals surface area (Å²) >= 11 is 0. The quantitative estimate of drug-likeness (QED) is 0.698. The van der Waals surface area contributed by atoms with Crippen molar-refractivity contribution in [3.8, 4) is 0 Å². The molecule has 0 unspecified atom stereocenters. The van der Waals surface area contributed by atoms with E-state index in [0.29, 0.717) is 6.04 Å². The largest absolute Gasteiger partial charge is 0.314 e. The van der Waals surface area contributed by atoms with E-state index in [2.05, 4.69) is 10.2 Å². The number of nitrogens with one attached hydrogen (secondary N) is 1. The van der Waals surface area contributed by atoms with E-state index in [1.807, 2.05) is 0 Å². The molecular weight excluding hydrogens is 226 g/mol. The van der Waals surface area contributed by atoms with Gasteiger partial charge < -0.3 is 5.32 Å². The first-order chi connectivity index (χ1) is 7.68. The maximum atomic E-state index is 11.9. The minimum atomic E-state index is -2.91. The maximum Gasteiger partial charge on any atom is 0.217 e. The molecule has 1 N–H and O–H groups in total. The topological polar surface area (TPSA) is 52.7 Å². The van der Waals surface area contributed by atoms with E-state index >= 15 is 0 Å². The summed E-state index contributed by atoms with van der Waals surface area (Å²) in [5.41, 5.74) is 0. The zero-order valence-corrected chi connectivity index (χ0v) is 10.2. The third-order valence-corrected chi connectivity index (χ3v) is 6.13. The van der Waals surface area contributed by atoms with Crippen LogP contribution >= 0.6 is 0 Å². The average molecular weight is 245 g/mol. The van der Waals surface area contributed by atoms with Crippen molar-refractivity contribution in [2.24, 2.45) is 0 Å². The van der Waals surface area contributed by atoms with Crippen LogP contribution < -0.4 is 5.32 Å². The lowest BCUT2D eigenvalue weighted by molar-refractivity contribution is 0.0772. The molecule has 0 spiro atoms. The van der Waals surface area contributed by atoms with E-state index in [9.17, 15) is 8.42 Å². The van der Waals surface area contributed by atoms with Crippen LogP contribution in [0, 0.1) is 0 Å². The molecular formula is C10H19N3O2S. The summed E-state index contributed by atoms with van der Waals surface area (Å²) in [6, 6.07) is 0.468. The highest BCUT2D eigenvalue weighted by atomic mass is 32.2. The Morgan fingerprint density at radius 1 is 1.06 bits per heavy atom. The van der Waals surface area contributed by atoms with Gasteiger partial charge in [0.2, 0.25) is 10.0 Å². The second kappa shape index (κ2) is 3.94. The highest BCUT2D eigenvalue weighted by Crippen LogP contribution is 2.33. The van der Waals surface area contributed by atoms with E-state index in [1.165, 1.54) is 0 Å². The molecule has 3 fully saturated rings. The van der Waals surface area contributed by atoms with Crippen LogP contribution in [0.25, 0.3) is 0 Å². The number of sulfonamides is 1. The van der Waals surface area contributed by atoms with Crippen LogP contribution in [0.15, 0.2) is 0 Å². The van der Waals surface area contributed by atoms with Crippen molar-refractivity contribution in [2.45, 2.75) is 24.1 Å². The fraction of sp³-hybridized carbons (Fsp3) is 1.00. The van der Waals surface area contributed by atoms with E-state index in [-0.39, 0.29) is 5.25 Å². The highest BCUT2D eigenvalue weighted by molar-refractivity contribution is 7.90. The van der Waals surface area contributed by atoms with Crippen LogP contribution in [0.4, 0.5) is 0 Å². The van der Waals surface area contributed by atoms with Crippen LogP contribution in [0.2, 0.25) is 0 Å². The van der Waals surface area contributed by atoms with Gasteiger partial charge in [-0.05, 0) is 12.8 Å². The third-order valence-electron chi connectivity index (χ3n) is 3.80. The Bertz CT molecular complexity index is 354. The summed E-state index contributed by atoms with van der Waals surface area (Å²) in [7, 11) is -2.91. The minimum Gasteiger partial charge on any atom is -0.314 e. The minimum absolute atomic E-state index is 0.0449. The maximum absolute atomic E-state index is 11.9. The first-order valence-electron chi connectivity index (χ1n) is 6.11. The summed E-state index contributed by atoms with van der Waals surface area (Å²) in [6.45, 7) is 5.62. The Labute approximate surface area is 96.8 Å². The van der Waals surface area contributed by atoms with Crippen LogP contribution in [0.3, 0.4) is 0 Å². The van der Waals surface area contributed by atoms with Crippen LogP contribution in [-0.4, -0.2) is 68.2 Å². The summed E-state index contributed by atoms with van der Waals surface area (Å²) in [5.74, 6) is 0. The molecule has 92 valence electrons. The first kappa shape index (κ1) is 11.0. The van der Waals surface area contributed by atoms with Crippen molar-refractivity contribution in [1.29, 1.82) is 0 Å². The zero-order valence-electron chi connectivity index (χ0n) is 9.43. The molecule has 6 heteroatoms. The van der Waals surface area contributed by atoms with Crippen LogP contribution in [0.5, 0.6) is 0 Å². The number of rotatable bonds is 3. The number of nitrogens with zero attached hydrogens (tertiary/aromatic N) is 2. The molecule has 1 aliphatic carbocycles. The molecule has 0 amide bonds. The number of piperazine rings is 1. The second-order valence-corrected chi connectivity index (χ2v) is 7.21. The van der Waals surface area contributed by atoms with Crippen molar-refractivity contribution in [1.82, 2.24) is 14.5 Å². The lowest BCUT2D eigenvalue weighted by Gasteiger charge is -2.45. The molecule has 3 aliphatic rings. The number of hydrogen-bond donors (Lipinski definition) is 1. The molecule has 0 aromatic heterocycles. The van der Waals surface area contributed by atoms with Gasteiger partial charge in [0.15, 0.2) is 0 Å². The standard InChI is InChI=1S/C10H19N3O2S/c14-16(15,10-1-2-10)13-7-9(8-13)12-5-3-11-4-6-12/h9-11H,1-8H2. The first-order valence-corrected chi connectivity index (χ1v) is 7.62. The van der Waals surface area contributed by atoms with Crippen LogP contribution in [0.1, 0.15) is 12.8 Å². The van der Waals surface area contributed by atoms with Crippen molar-refractivity contribution in [2.75, 3.05) is 39.3 Å². The van der Waals surface area contributed by atoms with Gasteiger partial charge in [0, 0.05) is 45.3 Å². The molecule has 3 rings (SSSR count). The molecule has 2 saturated heterocycles. The third kappa shape index (κ3) is 1.88. The van der Waals surface area contributed by atoms with Crippen molar-refractivity contribution < 1.29 is 8.42 Å². The fourth-order valence-corrected chi connectivity index (χ4v) is 4.39. The second-order valence-electron chi connectivity index (χ2n) is 5.00. The van der Waals surface area contributed by atoms with Gasteiger partial charge >= 0.3 is 0 Å².